The van der Waals surface area contributed by atoms with E-state index in [1.165, 1.54) is 0 Å². The lowest BCUT2D eigenvalue weighted by molar-refractivity contribution is 0.107. The highest BCUT2D eigenvalue weighted by atomic mass is 79.9. The van der Waals surface area contributed by atoms with Gasteiger partial charge in [0.1, 0.15) is 18.5 Å². The highest BCUT2D eigenvalue weighted by molar-refractivity contribution is 9.10. The normalized spacial score (nSPS) is 12.2. The van der Waals surface area contributed by atoms with Gasteiger partial charge in [0, 0.05) is 16.6 Å². The van der Waals surface area contributed by atoms with Crippen LogP contribution in [-0.2, 0) is 6.54 Å². The van der Waals surface area contributed by atoms with Gasteiger partial charge in [0.25, 0.3) is 0 Å². The maximum Gasteiger partial charge on any atom is 0.124 e. The van der Waals surface area contributed by atoms with Gasteiger partial charge in [-0.05, 0) is 23.8 Å². The molecule has 19 heavy (non-hydrogen) atoms. The van der Waals surface area contributed by atoms with Gasteiger partial charge >= 0.3 is 0 Å². The maximum atomic E-state index is 10.0. The highest BCUT2D eigenvalue weighted by Crippen LogP contribution is 2.24. The zero-order chi connectivity index (χ0) is 13.7. The summed E-state index contributed by atoms with van der Waals surface area (Å²) in [6.45, 7) is 0.606. The van der Waals surface area contributed by atoms with Crippen LogP contribution >= 0.6 is 15.9 Å². The van der Waals surface area contributed by atoms with Gasteiger partial charge in [0.15, 0.2) is 0 Å². The molecule has 0 saturated carbocycles. The molecule has 0 spiro atoms. The van der Waals surface area contributed by atoms with Crippen molar-refractivity contribution in [2.24, 2.45) is 5.73 Å². The van der Waals surface area contributed by atoms with Crippen LogP contribution in [-0.4, -0.2) is 11.7 Å². The Labute approximate surface area is 121 Å². The minimum atomic E-state index is -0.643. The lowest BCUT2D eigenvalue weighted by Gasteiger charge is -2.15. The molecular formula is C15H16BrNO2. The molecule has 3 N–H and O–H groups in total. The van der Waals surface area contributed by atoms with E-state index >= 15 is 0 Å². The van der Waals surface area contributed by atoms with E-state index in [2.05, 4.69) is 15.9 Å². The Morgan fingerprint density at radius 3 is 2.58 bits per heavy atom. The lowest BCUT2D eigenvalue weighted by atomic mass is 10.1. The van der Waals surface area contributed by atoms with E-state index in [0.29, 0.717) is 12.3 Å². The number of aliphatic hydroxyl groups excluding tert-OH is 1. The number of halogens is 1. The van der Waals surface area contributed by atoms with E-state index in [0.717, 1.165) is 15.6 Å². The Morgan fingerprint density at radius 2 is 1.89 bits per heavy atom. The Balaban J connectivity index is 2.03. The van der Waals surface area contributed by atoms with Crippen molar-refractivity contribution in [3.63, 3.8) is 0 Å². The SMILES string of the molecule is NCc1cc(Br)ccc1OCC(O)c1ccccc1. The van der Waals surface area contributed by atoms with Gasteiger partial charge in [-0.1, -0.05) is 46.3 Å². The summed E-state index contributed by atoms with van der Waals surface area (Å²) in [7, 11) is 0. The number of hydrogen-bond donors (Lipinski definition) is 2. The summed E-state index contributed by atoms with van der Waals surface area (Å²) in [5.41, 5.74) is 7.43. The van der Waals surface area contributed by atoms with Crippen LogP contribution in [0.4, 0.5) is 0 Å². The minimum absolute atomic E-state index is 0.207. The number of benzene rings is 2. The fourth-order valence-electron chi connectivity index (χ4n) is 1.79. The second kappa shape index (κ2) is 6.70. The van der Waals surface area contributed by atoms with Gasteiger partial charge in [-0.2, -0.15) is 0 Å². The fourth-order valence-corrected chi connectivity index (χ4v) is 2.20. The molecule has 0 radical (unpaired) electrons. The third-order valence-corrected chi connectivity index (χ3v) is 3.32. The van der Waals surface area contributed by atoms with E-state index in [1.54, 1.807) is 0 Å². The first kappa shape index (κ1) is 14.1. The number of ether oxygens (including phenoxy) is 1. The van der Waals surface area contributed by atoms with Crippen molar-refractivity contribution in [2.45, 2.75) is 12.6 Å². The monoisotopic (exact) mass is 321 g/mol. The summed E-state index contributed by atoms with van der Waals surface area (Å²) in [5.74, 6) is 0.709. The van der Waals surface area contributed by atoms with Crippen LogP contribution in [0, 0.1) is 0 Å². The van der Waals surface area contributed by atoms with Crippen LogP contribution < -0.4 is 10.5 Å². The molecule has 0 aliphatic carbocycles. The first-order chi connectivity index (χ1) is 9.20. The number of hydrogen-bond acceptors (Lipinski definition) is 3. The van der Waals surface area contributed by atoms with Crippen LogP contribution in [0.15, 0.2) is 53.0 Å². The Hall–Kier alpha value is -1.36. The van der Waals surface area contributed by atoms with Crippen molar-refractivity contribution in [3.8, 4) is 5.75 Å². The molecule has 0 aliphatic heterocycles. The molecule has 2 rings (SSSR count). The molecule has 100 valence electrons. The molecule has 3 nitrogen and oxygen atoms in total. The molecule has 0 fully saturated rings. The molecular weight excluding hydrogens is 306 g/mol. The van der Waals surface area contributed by atoms with Gasteiger partial charge in [0.2, 0.25) is 0 Å². The summed E-state index contributed by atoms with van der Waals surface area (Å²) < 4.78 is 6.61. The van der Waals surface area contributed by atoms with Gasteiger partial charge < -0.3 is 15.6 Å². The minimum Gasteiger partial charge on any atom is -0.490 e. The Bertz CT molecular complexity index is 531. The average Bonchev–Trinajstić information content (AvgIpc) is 2.46. The molecule has 1 unspecified atom stereocenters. The van der Waals surface area contributed by atoms with E-state index in [-0.39, 0.29) is 6.61 Å². The third kappa shape index (κ3) is 3.80. The molecule has 0 heterocycles. The molecule has 0 bridgehead atoms. The van der Waals surface area contributed by atoms with Crippen LogP contribution in [0.3, 0.4) is 0 Å². The second-order valence-electron chi connectivity index (χ2n) is 4.19. The highest BCUT2D eigenvalue weighted by Gasteiger charge is 2.09. The van der Waals surface area contributed by atoms with Crippen LogP contribution in [0.2, 0.25) is 0 Å². The summed E-state index contributed by atoms with van der Waals surface area (Å²) in [4.78, 5) is 0. The summed E-state index contributed by atoms with van der Waals surface area (Å²) in [6, 6.07) is 15.1. The molecule has 2 aromatic rings. The predicted molar refractivity (Wildman–Crippen MR) is 78.9 cm³/mol. The molecule has 2 aromatic carbocycles. The summed E-state index contributed by atoms with van der Waals surface area (Å²) >= 11 is 3.39. The summed E-state index contributed by atoms with van der Waals surface area (Å²) in [6.07, 6.45) is -0.643. The van der Waals surface area contributed by atoms with E-state index in [4.69, 9.17) is 10.5 Å². The van der Waals surface area contributed by atoms with Crippen LogP contribution in [0.25, 0.3) is 0 Å². The average molecular weight is 322 g/mol. The van der Waals surface area contributed by atoms with E-state index in [1.807, 2.05) is 48.5 Å². The standard InChI is InChI=1S/C15H16BrNO2/c16-13-6-7-15(12(8-13)9-17)19-10-14(18)11-4-2-1-3-5-11/h1-8,14,18H,9-10,17H2. The van der Waals surface area contributed by atoms with Crippen molar-refractivity contribution in [1.82, 2.24) is 0 Å². The zero-order valence-electron chi connectivity index (χ0n) is 10.4. The fraction of sp³-hybridized carbons (Fsp3) is 0.200. The van der Waals surface area contributed by atoms with Gasteiger partial charge in [-0.3, -0.25) is 0 Å². The van der Waals surface area contributed by atoms with Crippen molar-refractivity contribution >= 4 is 15.9 Å². The molecule has 0 amide bonds. The van der Waals surface area contributed by atoms with Crippen molar-refractivity contribution in [3.05, 3.63) is 64.1 Å². The molecule has 0 aromatic heterocycles. The predicted octanol–water partition coefficient (Wildman–Crippen LogP) is 3.02. The maximum absolute atomic E-state index is 10.0. The van der Waals surface area contributed by atoms with Crippen molar-refractivity contribution in [2.75, 3.05) is 6.61 Å². The van der Waals surface area contributed by atoms with Crippen molar-refractivity contribution in [1.29, 1.82) is 0 Å². The zero-order valence-corrected chi connectivity index (χ0v) is 12.0. The Morgan fingerprint density at radius 1 is 1.16 bits per heavy atom. The summed E-state index contributed by atoms with van der Waals surface area (Å²) in [5, 5.41) is 10.0. The molecule has 0 aliphatic rings. The van der Waals surface area contributed by atoms with Crippen LogP contribution in [0.5, 0.6) is 5.75 Å². The largest absolute Gasteiger partial charge is 0.490 e. The van der Waals surface area contributed by atoms with Gasteiger partial charge in [-0.15, -0.1) is 0 Å². The number of rotatable bonds is 5. The first-order valence-corrected chi connectivity index (χ1v) is 6.84. The Kier molecular flexibility index (Phi) is 4.96. The molecule has 1 atom stereocenters. The molecule has 0 saturated heterocycles. The molecule has 4 heteroatoms. The quantitative estimate of drug-likeness (QED) is 0.890. The topological polar surface area (TPSA) is 55.5 Å². The van der Waals surface area contributed by atoms with E-state index in [9.17, 15) is 5.11 Å². The lowest BCUT2D eigenvalue weighted by Crippen LogP contribution is -2.11. The number of aliphatic hydroxyl groups is 1. The number of nitrogens with two attached hydrogens (primary N) is 1. The van der Waals surface area contributed by atoms with Gasteiger partial charge in [0.05, 0.1) is 0 Å². The van der Waals surface area contributed by atoms with E-state index < -0.39 is 6.10 Å². The smallest absolute Gasteiger partial charge is 0.124 e. The second-order valence-corrected chi connectivity index (χ2v) is 5.11. The van der Waals surface area contributed by atoms with Gasteiger partial charge in [-0.25, -0.2) is 0 Å². The van der Waals surface area contributed by atoms with Crippen molar-refractivity contribution < 1.29 is 9.84 Å². The third-order valence-electron chi connectivity index (χ3n) is 2.82. The van der Waals surface area contributed by atoms with Crippen LogP contribution in [0.1, 0.15) is 17.2 Å². The first-order valence-electron chi connectivity index (χ1n) is 6.05.